The Morgan fingerprint density at radius 3 is 2.79 bits per heavy atom. The lowest BCUT2D eigenvalue weighted by atomic mass is 10.1. The summed E-state index contributed by atoms with van der Waals surface area (Å²) < 4.78 is 4.27. The molecule has 19 heavy (non-hydrogen) atoms. The van der Waals surface area contributed by atoms with Crippen molar-refractivity contribution in [2.75, 3.05) is 29.6 Å². The number of anilines is 2. The van der Waals surface area contributed by atoms with Crippen molar-refractivity contribution in [3.63, 3.8) is 0 Å². The van der Waals surface area contributed by atoms with Crippen LogP contribution in [0, 0.1) is 5.92 Å². The molecular formula is C14H19N3S2. The summed E-state index contributed by atoms with van der Waals surface area (Å²) in [7, 11) is 0. The van der Waals surface area contributed by atoms with Crippen LogP contribution < -0.4 is 11.1 Å². The Kier molecular flexibility index (Phi) is 5.10. The monoisotopic (exact) mass is 293 g/mol. The first-order valence-corrected chi connectivity index (χ1v) is 8.42. The standard InChI is InChI=1S/C14H19N3S2/c1-10(9-18-2)8-16-14-12(13(15)17-19-14)11-6-4-3-5-7-11/h3-7,10,16H,8-9H2,1-2H3,(H2,15,17). The Balaban J connectivity index is 2.14. The molecule has 1 aromatic heterocycles. The zero-order chi connectivity index (χ0) is 13.7. The van der Waals surface area contributed by atoms with Crippen LogP contribution in [0.15, 0.2) is 30.3 Å². The lowest BCUT2D eigenvalue weighted by molar-refractivity contribution is 0.703. The van der Waals surface area contributed by atoms with E-state index in [1.807, 2.05) is 30.0 Å². The number of nitrogens with two attached hydrogens (primary N) is 1. The number of nitrogens with one attached hydrogen (secondary N) is 1. The highest BCUT2D eigenvalue weighted by atomic mass is 32.2. The van der Waals surface area contributed by atoms with E-state index in [0.29, 0.717) is 11.7 Å². The van der Waals surface area contributed by atoms with Crippen molar-refractivity contribution in [1.29, 1.82) is 0 Å². The summed E-state index contributed by atoms with van der Waals surface area (Å²) in [6, 6.07) is 10.2. The number of aromatic nitrogens is 1. The number of thioether (sulfide) groups is 1. The molecule has 102 valence electrons. The van der Waals surface area contributed by atoms with E-state index in [1.54, 1.807) is 0 Å². The molecule has 5 heteroatoms. The van der Waals surface area contributed by atoms with Crippen LogP contribution in [-0.2, 0) is 0 Å². The third-order valence-electron chi connectivity index (χ3n) is 2.84. The van der Waals surface area contributed by atoms with Crippen LogP contribution in [0.1, 0.15) is 6.92 Å². The minimum absolute atomic E-state index is 0.608. The van der Waals surface area contributed by atoms with E-state index in [4.69, 9.17) is 5.73 Å². The van der Waals surface area contributed by atoms with Crippen molar-refractivity contribution < 1.29 is 0 Å². The predicted molar refractivity (Wildman–Crippen MR) is 88.0 cm³/mol. The minimum atomic E-state index is 0.608. The summed E-state index contributed by atoms with van der Waals surface area (Å²) in [5, 5.41) is 4.55. The smallest absolute Gasteiger partial charge is 0.147 e. The predicted octanol–water partition coefficient (Wildman–Crippen LogP) is 3.80. The third-order valence-corrected chi connectivity index (χ3v) is 4.56. The van der Waals surface area contributed by atoms with Crippen LogP contribution >= 0.6 is 23.3 Å². The van der Waals surface area contributed by atoms with E-state index in [9.17, 15) is 0 Å². The zero-order valence-electron chi connectivity index (χ0n) is 11.2. The zero-order valence-corrected chi connectivity index (χ0v) is 12.9. The first-order chi connectivity index (χ1) is 9.22. The van der Waals surface area contributed by atoms with E-state index in [2.05, 4.69) is 35.0 Å². The van der Waals surface area contributed by atoms with E-state index < -0.39 is 0 Å². The molecule has 1 unspecified atom stereocenters. The maximum Gasteiger partial charge on any atom is 0.147 e. The number of hydrogen-bond acceptors (Lipinski definition) is 5. The van der Waals surface area contributed by atoms with Gasteiger partial charge in [0, 0.05) is 6.54 Å². The number of nitrogens with zero attached hydrogens (tertiary/aromatic N) is 1. The van der Waals surface area contributed by atoms with Gasteiger partial charge in [0.1, 0.15) is 10.8 Å². The van der Waals surface area contributed by atoms with Gasteiger partial charge in [-0.3, -0.25) is 0 Å². The quantitative estimate of drug-likeness (QED) is 0.850. The molecule has 0 fully saturated rings. The fraction of sp³-hybridized carbons (Fsp3) is 0.357. The number of nitrogen functional groups attached to an aromatic ring is 1. The van der Waals surface area contributed by atoms with Gasteiger partial charge < -0.3 is 11.1 Å². The van der Waals surface area contributed by atoms with Crippen molar-refractivity contribution in [3.8, 4) is 11.1 Å². The fourth-order valence-corrected chi connectivity index (χ4v) is 3.35. The molecule has 0 aliphatic heterocycles. The molecule has 1 atom stereocenters. The average molecular weight is 293 g/mol. The van der Waals surface area contributed by atoms with Crippen LogP contribution in [0.3, 0.4) is 0 Å². The first-order valence-electron chi connectivity index (χ1n) is 6.25. The molecule has 3 nitrogen and oxygen atoms in total. The topological polar surface area (TPSA) is 50.9 Å². The lowest BCUT2D eigenvalue weighted by Crippen LogP contribution is -2.13. The highest BCUT2D eigenvalue weighted by molar-refractivity contribution is 7.98. The van der Waals surface area contributed by atoms with Crippen LogP contribution in [0.25, 0.3) is 11.1 Å². The molecule has 0 radical (unpaired) electrons. The van der Waals surface area contributed by atoms with Crippen LogP contribution in [-0.4, -0.2) is 22.9 Å². The number of hydrogen-bond donors (Lipinski definition) is 2. The van der Waals surface area contributed by atoms with Crippen molar-refractivity contribution >= 4 is 34.1 Å². The second-order valence-corrected chi connectivity index (χ2v) is 6.26. The highest BCUT2D eigenvalue weighted by Crippen LogP contribution is 2.36. The maximum atomic E-state index is 5.99. The molecule has 1 aromatic carbocycles. The van der Waals surface area contributed by atoms with Crippen molar-refractivity contribution in [2.45, 2.75) is 6.92 Å². The van der Waals surface area contributed by atoms with Crippen LogP contribution in [0.5, 0.6) is 0 Å². The van der Waals surface area contributed by atoms with Gasteiger partial charge in [-0.05, 0) is 35.0 Å². The number of rotatable bonds is 6. The van der Waals surface area contributed by atoms with Crippen LogP contribution in [0.2, 0.25) is 0 Å². The lowest BCUT2D eigenvalue weighted by Gasteiger charge is -2.12. The summed E-state index contributed by atoms with van der Waals surface area (Å²) >= 11 is 3.31. The summed E-state index contributed by atoms with van der Waals surface area (Å²) in [5.74, 6) is 2.39. The molecule has 3 N–H and O–H groups in total. The normalized spacial score (nSPS) is 12.3. The molecule has 0 aliphatic carbocycles. The largest absolute Gasteiger partial charge is 0.382 e. The molecule has 1 heterocycles. The maximum absolute atomic E-state index is 5.99. The highest BCUT2D eigenvalue weighted by Gasteiger charge is 2.13. The SMILES string of the molecule is CSCC(C)CNc1snc(N)c1-c1ccccc1. The Morgan fingerprint density at radius 2 is 2.11 bits per heavy atom. The average Bonchev–Trinajstić information content (AvgIpc) is 2.79. The molecule has 2 aromatic rings. The Bertz CT molecular complexity index is 511. The van der Waals surface area contributed by atoms with Gasteiger partial charge in [0.05, 0.1) is 5.56 Å². The molecule has 0 aliphatic rings. The van der Waals surface area contributed by atoms with Gasteiger partial charge in [0.2, 0.25) is 0 Å². The summed E-state index contributed by atoms with van der Waals surface area (Å²) in [6.07, 6.45) is 2.14. The molecular weight excluding hydrogens is 274 g/mol. The Labute approximate surface area is 122 Å². The first kappa shape index (κ1) is 14.2. The molecule has 0 saturated heterocycles. The van der Waals surface area contributed by atoms with E-state index in [-0.39, 0.29) is 0 Å². The summed E-state index contributed by atoms with van der Waals surface area (Å²) in [5.41, 5.74) is 8.14. The van der Waals surface area contributed by atoms with Gasteiger partial charge in [-0.15, -0.1) is 0 Å². The molecule has 2 rings (SSSR count). The summed E-state index contributed by atoms with van der Waals surface area (Å²) in [4.78, 5) is 0. The van der Waals surface area contributed by atoms with Crippen molar-refractivity contribution in [1.82, 2.24) is 4.37 Å². The van der Waals surface area contributed by atoms with Crippen molar-refractivity contribution in [3.05, 3.63) is 30.3 Å². The van der Waals surface area contributed by atoms with Gasteiger partial charge in [-0.2, -0.15) is 16.1 Å². The fourth-order valence-electron chi connectivity index (χ4n) is 1.92. The van der Waals surface area contributed by atoms with Gasteiger partial charge in [-0.25, -0.2) is 0 Å². The van der Waals surface area contributed by atoms with Gasteiger partial charge in [0.25, 0.3) is 0 Å². The minimum Gasteiger partial charge on any atom is -0.382 e. The van der Waals surface area contributed by atoms with Gasteiger partial charge in [-0.1, -0.05) is 37.3 Å². The van der Waals surface area contributed by atoms with E-state index in [1.165, 1.54) is 11.5 Å². The second-order valence-electron chi connectivity index (χ2n) is 4.58. The van der Waals surface area contributed by atoms with Gasteiger partial charge >= 0.3 is 0 Å². The van der Waals surface area contributed by atoms with E-state index >= 15 is 0 Å². The second kappa shape index (κ2) is 6.82. The number of benzene rings is 1. The van der Waals surface area contributed by atoms with Crippen molar-refractivity contribution in [2.24, 2.45) is 5.92 Å². The van der Waals surface area contributed by atoms with E-state index in [0.717, 1.165) is 28.4 Å². The summed E-state index contributed by atoms with van der Waals surface area (Å²) in [6.45, 7) is 3.19. The van der Waals surface area contributed by atoms with Gasteiger partial charge in [0.15, 0.2) is 0 Å². The molecule has 0 amide bonds. The third kappa shape index (κ3) is 3.64. The van der Waals surface area contributed by atoms with Crippen LogP contribution in [0.4, 0.5) is 10.8 Å². The molecule has 0 spiro atoms. The molecule has 0 bridgehead atoms. The molecule has 0 saturated carbocycles. The Morgan fingerprint density at radius 1 is 1.37 bits per heavy atom. The Hall–Kier alpha value is -1.20.